The summed E-state index contributed by atoms with van der Waals surface area (Å²) in [5.41, 5.74) is 7.68. The Bertz CT molecular complexity index is 636. The van der Waals surface area contributed by atoms with Crippen molar-refractivity contribution in [3.63, 3.8) is 0 Å². The smallest absolute Gasteiger partial charge is 0.218 e. The van der Waals surface area contributed by atoms with E-state index in [1.165, 1.54) is 16.8 Å². The van der Waals surface area contributed by atoms with E-state index in [-0.39, 0.29) is 12.3 Å². The van der Waals surface area contributed by atoms with Crippen LogP contribution in [0.3, 0.4) is 0 Å². The molecule has 1 heterocycles. The van der Waals surface area contributed by atoms with E-state index in [4.69, 9.17) is 10.2 Å². The number of nitrogens with two attached hydrogens (primary N) is 1. The predicted molar refractivity (Wildman–Crippen MR) is 73.7 cm³/mol. The van der Waals surface area contributed by atoms with E-state index in [1.807, 2.05) is 0 Å². The molecular formula is C13H16N2O3S. The summed E-state index contributed by atoms with van der Waals surface area (Å²) in [6, 6.07) is 8.71. The maximum Gasteiger partial charge on any atom is 0.218 e. The van der Waals surface area contributed by atoms with Crippen molar-refractivity contribution in [1.82, 2.24) is 4.31 Å². The third kappa shape index (κ3) is 3.36. The lowest BCUT2D eigenvalue weighted by atomic mass is 10.2. The Balaban J connectivity index is 2.12. The minimum Gasteiger partial charge on any atom is -0.472 e. The molecule has 0 amide bonds. The number of nitrogens with zero attached hydrogens (tertiary/aromatic N) is 1. The standard InChI is InChI=1S/C13H16N2O3S/c1-15(8-11-6-7-18-9-11)19(16,17)10-12-4-2-3-5-13(12)14/h2-7,9H,8,10,14H2,1H3. The molecule has 5 nitrogen and oxygen atoms in total. The monoisotopic (exact) mass is 280 g/mol. The first-order chi connectivity index (χ1) is 8.99. The molecule has 19 heavy (non-hydrogen) atoms. The van der Waals surface area contributed by atoms with Crippen molar-refractivity contribution >= 4 is 15.7 Å². The van der Waals surface area contributed by atoms with Crippen LogP contribution in [-0.2, 0) is 22.3 Å². The fraction of sp³-hybridized carbons (Fsp3) is 0.231. The quantitative estimate of drug-likeness (QED) is 0.848. The summed E-state index contributed by atoms with van der Waals surface area (Å²) >= 11 is 0. The van der Waals surface area contributed by atoms with Gasteiger partial charge in [-0.25, -0.2) is 12.7 Å². The average Bonchev–Trinajstić information content (AvgIpc) is 2.84. The number of anilines is 1. The molecule has 0 unspecified atom stereocenters. The maximum absolute atomic E-state index is 12.2. The molecule has 2 rings (SSSR count). The lowest BCUT2D eigenvalue weighted by molar-refractivity contribution is 0.462. The van der Waals surface area contributed by atoms with Crippen LogP contribution in [0.5, 0.6) is 0 Å². The van der Waals surface area contributed by atoms with Crippen LogP contribution in [0, 0.1) is 0 Å². The Hall–Kier alpha value is -1.79. The van der Waals surface area contributed by atoms with E-state index in [2.05, 4.69) is 0 Å². The second-order valence-electron chi connectivity index (χ2n) is 4.34. The van der Waals surface area contributed by atoms with E-state index in [0.717, 1.165) is 5.56 Å². The third-order valence-electron chi connectivity index (χ3n) is 2.85. The number of benzene rings is 1. The average molecular weight is 280 g/mol. The summed E-state index contributed by atoms with van der Waals surface area (Å²) in [5.74, 6) is -0.103. The van der Waals surface area contributed by atoms with E-state index < -0.39 is 10.0 Å². The van der Waals surface area contributed by atoms with E-state index in [0.29, 0.717) is 11.3 Å². The van der Waals surface area contributed by atoms with Crippen LogP contribution in [0.1, 0.15) is 11.1 Å². The lowest BCUT2D eigenvalue weighted by Crippen LogP contribution is -2.27. The number of hydrogen-bond donors (Lipinski definition) is 1. The highest BCUT2D eigenvalue weighted by Gasteiger charge is 2.20. The van der Waals surface area contributed by atoms with Gasteiger partial charge >= 0.3 is 0 Å². The van der Waals surface area contributed by atoms with Gasteiger partial charge in [0.25, 0.3) is 0 Å². The molecule has 0 aliphatic heterocycles. The molecule has 0 bridgehead atoms. The molecule has 2 N–H and O–H groups in total. The Morgan fingerprint density at radius 3 is 2.63 bits per heavy atom. The third-order valence-corrected chi connectivity index (χ3v) is 4.61. The molecule has 0 aliphatic rings. The molecular weight excluding hydrogens is 264 g/mol. The molecule has 0 aliphatic carbocycles. The van der Waals surface area contributed by atoms with Gasteiger partial charge in [0, 0.05) is 24.8 Å². The molecule has 0 radical (unpaired) electrons. The van der Waals surface area contributed by atoms with Crippen molar-refractivity contribution in [2.24, 2.45) is 0 Å². The summed E-state index contributed by atoms with van der Waals surface area (Å²) in [4.78, 5) is 0. The predicted octanol–water partition coefficient (Wildman–Crippen LogP) is 1.82. The Morgan fingerprint density at radius 2 is 2.00 bits per heavy atom. The van der Waals surface area contributed by atoms with Crippen LogP contribution in [-0.4, -0.2) is 19.8 Å². The van der Waals surface area contributed by atoms with Crippen LogP contribution in [0.2, 0.25) is 0 Å². The Morgan fingerprint density at radius 1 is 1.26 bits per heavy atom. The molecule has 0 saturated carbocycles. The van der Waals surface area contributed by atoms with E-state index in [1.54, 1.807) is 37.4 Å². The first-order valence-corrected chi connectivity index (χ1v) is 7.38. The summed E-state index contributed by atoms with van der Waals surface area (Å²) < 4.78 is 30.7. The van der Waals surface area contributed by atoms with Gasteiger partial charge in [-0.05, 0) is 17.7 Å². The zero-order valence-electron chi connectivity index (χ0n) is 10.6. The fourth-order valence-corrected chi connectivity index (χ4v) is 2.93. The number of hydrogen-bond acceptors (Lipinski definition) is 4. The van der Waals surface area contributed by atoms with Gasteiger partial charge < -0.3 is 10.2 Å². The highest BCUT2D eigenvalue weighted by molar-refractivity contribution is 7.88. The van der Waals surface area contributed by atoms with Gasteiger partial charge in [-0.1, -0.05) is 18.2 Å². The van der Waals surface area contributed by atoms with Crippen molar-refractivity contribution in [3.05, 3.63) is 54.0 Å². The molecule has 1 aromatic heterocycles. The first-order valence-electron chi connectivity index (χ1n) is 5.77. The molecule has 2 aromatic rings. The molecule has 0 saturated heterocycles. The van der Waals surface area contributed by atoms with Crippen LogP contribution in [0.4, 0.5) is 5.69 Å². The highest BCUT2D eigenvalue weighted by atomic mass is 32.2. The number of para-hydroxylation sites is 1. The van der Waals surface area contributed by atoms with Crippen molar-refractivity contribution in [2.75, 3.05) is 12.8 Å². The normalized spacial score (nSPS) is 11.9. The topological polar surface area (TPSA) is 76.5 Å². The molecule has 6 heteroatoms. The molecule has 0 fully saturated rings. The number of furan rings is 1. The maximum atomic E-state index is 12.2. The molecule has 0 atom stereocenters. The zero-order valence-corrected chi connectivity index (χ0v) is 11.4. The van der Waals surface area contributed by atoms with Crippen molar-refractivity contribution in [2.45, 2.75) is 12.3 Å². The summed E-state index contributed by atoms with van der Waals surface area (Å²) in [5, 5.41) is 0. The fourth-order valence-electron chi connectivity index (χ4n) is 1.71. The van der Waals surface area contributed by atoms with Gasteiger partial charge in [-0.2, -0.15) is 0 Å². The van der Waals surface area contributed by atoms with Crippen LogP contribution in [0.15, 0.2) is 47.3 Å². The second kappa shape index (κ2) is 5.46. The largest absolute Gasteiger partial charge is 0.472 e. The molecule has 1 aromatic carbocycles. The van der Waals surface area contributed by atoms with Gasteiger partial charge in [0.15, 0.2) is 0 Å². The first kappa shape index (κ1) is 13.6. The van der Waals surface area contributed by atoms with Gasteiger partial charge in [0.2, 0.25) is 10.0 Å². The molecule has 0 spiro atoms. The lowest BCUT2D eigenvalue weighted by Gasteiger charge is -2.17. The van der Waals surface area contributed by atoms with Gasteiger partial charge in [-0.15, -0.1) is 0 Å². The van der Waals surface area contributed by atoms with Gasteiger partial charge in [0.05, 0.1) is 18.3 Å². The minimum atomic E-state index is -3.40. The summed E-state index contributed by atoms with van der Waals surface area (Å²) in [6.07, 6.45) is 3.05. The number of nitrogen functional groups attached to an aromatic ring is 1. The molecule has 102 valence electrons. The Kier molecular flexibility index (Phi) is 3.92. The minimum absolute atomic E-state index is 0.103. The number of sulfonamides is 1. The van der Waals surface area contributed by atoms with Crippen LogP contribution >= 0.6 is 0 Å². The highest BCUT2D eigenvalue weighted by Crippen LogP contribution is 2.17. The van der Waals surface area contributed by atoms with Crippen molar-refractivity contribution in [1.29, 1.82) is 0 Å². The Labute approximate surface area is 112 Å². The second-order valence-corrected chi connectivity index (χ2v) is 6.42. The number of rotatable bonds is 5. The van der Waals surface area contributed by atoms with Crippen molar-refractivity contribution < 1.29 is 12.8 Å². The zero-order chi connectivity index (χ0) is 13.9. The summed E-state index contributed by atoms with van der Waals surface area (Å²) in [6.45, 7) is 0.283. The van der Waals surface area contributed by atoms with Crippen molar-refractivity contribution in [3.8, 4) is 0 Å². The van der Waals surface area contributed by atoms with Gasteiger partial charge in [0.1, 0.15) is 0 Å². The van der Waals surface area contributed by atoms with Crippen LogP contribution in [0.25, 0.3) is 0 Å². The van der Waals surface area contributed by atoms with E-state index >= 15 is 0 Å². The SMILES string of the molecule is CN(Cc1ccoc1)S(=O)(=O)Cc1ccccc1N. The summed E-state index contributed by atoms with van der Waals surface area (Å²) in [7, 11) is -1.86. The van der Waals surface area contributed by atoms with Crippen LogP contribution < -0.4 is 5.73 Å². The van der Waals surface area contributed by atoms with Gasteiger partial charge in [-0.3, -0.25) is 0 Å². The van der Waals surface area contributed by atoms with E-state index in [9.17, 15) is 8.42 Å².